The number of benzene rings is 1. The van der Waals surface area contributed by atoms with Crippen LogP contribution in [0, 0.1) is 18.3 Å². The molecule has 0 saturated heterocycles. The molecule has 1 aromatic heterocycles. The number of nitriles is 1. The summed E-state index contributed by atoms with van der Waals surface area (Å²) in [7, 11) is 0. The van der Waals surface area contributed by atoms with Gasteiger partial charge >= 0.3 is 0 Å². The Bertz CT molecular complexity index is 508. The van der Waals surface area contributed by atoms with Crippen molar-refractivity contribution < 1.29 is 0 Å². The Labute approximate surface area is 98.4 Å². The zero-order chi connectivity index (χ0) is 11.4. The standard InChI is InChI=1S/C12H11N3S/c1-9-2-4-10(5-3-9)7-14-12-11(6-13)16-8-15-12/h2-5,8,14H,7H2,1H3. The van der Waals surface area contributed by atoms with Gasteiger partial charge in [-0.2, -0.15) is 5.26 Å². The quantitative estimate of drug-likeness (QED) is 0.880. The highest BCUT2D eigenvalue weighted by molar-refractivity contribution is 7.10. The molecule has 0 aliphatic heterocycles. The minimum atomic E-state index is 0.632. The van der Waals surface area contributed by atoms with Crippen LogP contribution in [0.25, 0.3) is 0 Å². The van der Waals surface area contributed by atoms with Crippen LogP contribution in [0.2, 0.25) is 0 Å². The first kappa shape index (κ1) is 10.7. The van der Waals surface area contributed by atoms with E-state index in [-0.39, 0.29) is 0 Å². The van der Waals surface area contributed by atoms with Crippen molar-refractivity contribution in [3.8, 4) is 6.07 Å². The molecule has 2 aromatic rings. The molecule has 0 spiro atoms. The van der Waals surface area contributed by atoms with Crippen LogP contribution in [0.3, 0.4) is 0 Å². The molecule has 0 atom stereocenters. The summed E-state index contributed by atoms with van der Waals surface area (Å²) in [5.41, 5.74) is 4.10. The molecule has 0 unspecified atom stereocenters. The van der Waals surface area contributed by atoms with Gasteiger partial charge in [0.25, 0.3) is 0 Å². The molecule has 0 saturated carbocycles. The Kier molecular flexibility index (Phi) is 3.18. The van der Waals surface area contributed by atoms with Gasteiger partial charge < -0.3 is 5.32 Å². The van der Waals surface area contributed by atoms with Crippen molar-refractivity contribution in [2.24, 2.45) is 0 Å². The number of thiazole rings is 1. The van der Waals surface area contributed by atoms with Gasteiger partial charge in [-0.3, -0.25) is 0 Å². The minimum absolute atomic E-state index is 0.632. The minimum Gasteiger partial charge on any atom is -0.364 e. The summed E-state index contributed by atoms with van der Waals surface area (Å²) < 4.78 is 0. The molecule has 2 rings (SSSR count). The molecule has 0 aliphatic carbocycles. The van der Waals surface area contributed by atoms with Crippen LogP contribution in [-0.2, 0) is 6.54 Å². The smallest absolute Gasteiger partial charge is 0.155 e. The van der Waals surface area contributed by atoms with Crippen LogP contribution in [0.1, 0.15) is 16.0 Å². The molecule has 0 aliphatic rings. The van der Waals surface area contributed by atoms with Gasteiger partial charge in [0.15, 0.2) is 5.82 Å². The average Bonchev–Trinajstić information content (AvgIpc) is 2.76. The van der Waals surface area contributed by atoms with Gasteiger partial charge in [0.2, 0.25) is 0 Å². The highest BCUT2D eigenvalue weighted by Gasteiger charge is 2.03. The number of anilines is 1. The number of aryl methyl sites for hydroxylation is 1. The van der Waals surface area contributed by atoms with Crippen molar-refractivity contribution in [1.29, 1.82) is 5.26 Å². The number of hydrogen-bond donors (Lipinski definition) is 1. The van der Waals surface area contributed by atoms with E-state index in [1.165, 1.54) is 22.5 Å². The first-order valence-electron chi connectivity index (χ1n) is 4.92. The van der Waals surface area contributed by atoms with E-state index in [2.05, 4.69) is 47.6 Å². The monoisotopic (exact) mass is 229 g/mol. The number of nitrogens with zero attached hydrogens (tertiary/aromatic N) is 2. The fraction of sp³-hybridized carbons (Fsp3) is 0.167. The number of rotatable bonds is 3. The second-order valence-electron chi connectivity index (χ2n) is 3.48. The molecule has 1 heterocycles. The third-order valence-electron chi connectivity index (χ3n) is 2.25. The number of aromatic nitrogens is 1. The maximum Gasteiger partial charge on any atom is 0.155 e. The van der Waals surface area contributed by atoms with Gasteiger partial charge in [-0.05, 0) is 12.5 Å². The molecule has 1 N–H and O–H groups in total. The Morgan fingerprint density at radius 2 is 2.12 bits per heavy atom. The van der Waals surface area contributed by atoms with Gasteiger partial charge in [-0.1, -0.05) is 29.8 Å². The fourth-order valence-corrected chi connectivity index (χ4v) is 1.90. The van der Waals surface area contributed by atoms with E-state index < -0.39 is 0 Å². The number of hydrogen-bond acceptors (Lipinski definition) is 4. The zero-order valence-corrected chi connectivity index (χ0v) is 9.71. The largest absolute Gasteiger partial charge is 0.364 e. The van der Waals surface area contributed by atoms with E-state index in [4.69, 9.17) is 5.26 Å². The van der Waals surface area contributed by atoms with E-state index in [0.29, 0.717) is 17.2 Å². The summed E-state index contributed by atoms with van der Waals surface area (Å²) >= 11 is 1.35. The van der Waals surface area contributed by atoms with Crippen molar-refractivity contribution in [2.45, 2.75) is 13.5 Å². The van der Waals surface area contributed by atoms with E-state index in [9.17, 15) is 0 Å². The van der Waals surface area contributed by atoms with Gasteiger partial charge in [0, 0.05) is 6.54 Å². The first-order chi connectivity index (χ1) is 7.79. The Balaban J connectivity index is 2.03. The molecule has 1 aromatic carbocycles. The van der Waals surface area contributed by atoms with Gasteiger partial charge in [-0.15, -0.1) is 11.3 Å². The van der Waals surface area contributed by atoms with Crippen LogP contribution >= 0.6 is 11.3 Å². The van der Waals surface area contributed by atoms with Crippen LogP contribution in [0.4, 0.5) is 5.82 Å². The molecular formula is C12H11N3S. The predicted octanol–water partition coefficient (Wildman–Crippen LogP) is 2.94. The van der Waals surface area contributed by atoms with Crippen LogP contribution in [-0.4, -0.2) is 4.98 Å². The Morgan fingerprint density at radius 1 is 1.38 bits per heavy atom. The lowest BCUT2D eigenvalue weighted by atomic mass is 10.1. The summed E-state index contributed by atoms with van der Waals surface area (Å²) in [4.78, 5) is 4.74. The normalized spacial score (nSPS) is 9.75. The molecule has 16 heavy (non-hydrogen) atoms. The van der Waals surface area contributed by atoms with Crippen LogP contribution in [0.5, 0.6) is 0 Å². The third kappa shape index (κ3) is 2.38. The second kappa shape index (κ2) is 4.77. The lowest BCUT2D eigenvalue weighted by molar-refractivity contribution is 1.12. The lowest BCUT2D eigenvalue weighted by Crippen LogP contribution is -2.00. The predicted molar refractivity (Wildman–Crippen MR) is 65.3 cm³/mol. The molecule has 80 valence electrons. The highest BCUT2D eigenvalue weighted by Crippen LogP contribution is 2.17. The Morgan fingerprint density at radius 3 is 2.81 bits per heavy atom. The topological polar surface area (TPSA) is 48.7 Å². The summed E-state index contributed by atoms with van der Waals surface area (Å²) in [5, 5.41) is 12.0. The summed E-state index contributed by atoms with van der Waals surface area (Å²) in [6.07, 6.45) is 0. The molecule has 0 bridgehead atoms. The first-order valence-corrected chi connectivity index (χ1v) is 5.80. The van der Waals surface area contributed by atoms with Crippen molar-refractivity contribution >= 4 is 17.2 Å². The SMILES string of the molecule is Cc1ccc(CNc2ncsc2C#N)cc1. The van der Waals surface area contributed by atoms with Crippen molar-refractivity contribution in [1.82, 2.24) is 4.98 Å². The van der Waals surface area contributed by atoms with Crippen molar-refractivity contribution in [3.63, 3.8) is 0 Å². The third-order valence-corrected chi connectivity index (χ3v) is 2.98. The van der Waals surface area contributed by atoms with E-state index >= 15 is 0 Å². The van der Waals surface area contributed by atoms with Gasteiger partial charge in [-0.25, -0.2) is 4.98 Å². The highest BCUT2D eigenvalue weighted by atomic mass is 32.1. The maximum atomic E-state index is 8.82. The Hall–Kier alpha value is -1.86. The summed E-state index contributed by atoms with van der Waals surface area (Å²) in [5.74, 6) is 0.674. The van der Waals surface area contributed by atoms with Crippen molar-refractivity contribution in [3.05, 3.63) is 45.8 Å². The van der Waals surface area contributed by atoms with Gasteiger partial charge in [0.05, 0.1) is 5.51 Å². The van der Waals surface area contributed by atoms with E-state index in [0.717, 1.165) is 0 Å². The second-order valence-corrected chi connectivity index (χ2v) is 4.34. The summed E-state index contributed by atoms with van der Waals surface area (Å²) in [6, 6.07) is 10.4. The average molecular weight is 229 g/mol. The molecule has 0 amide bonds. The lowest BCUT2D eigenvalue weighted by Gasteiger charge is -2.04. The molecule has 0 radical (unpaired) electrons. The molecule has 0 fully saturated rings. The van der Waals surface area contributed by atoms with Crippen LogP contribution < -0.4 is 5.32 Å². The molecule has 3 nitrogen and oxygen atoms in total. The fourth-order valence-electron chi connectivity index (χ4n) is 1.34. The van der Waals surface area contributed by atoms with E-state index in [1.54, 1.807) is 5.51 Å². The van der Waals surface area contributed by atoms with Gasteiger partial charge in [0.1, 0.15) is 10.9 Å². The zero-order valence-electron chi connectivity index (χ0n) is 8.90. The molecular weight excluding hydrogens is 218 g/mol. The van der Waals surface area contributed by atoms with Crippen molar-refractivity contribution in [2.75, 3.05) is 5.32 Å². The number of nitrogens with one attached hydrogen (secondary N) is 1. The summed E-state index contributed by atoms with van der Waals surface area (Å²) in [6.45, 7) is 2.75. The van der Waals surface area contributed by atoms with E-state index in [1.807, 2.05) is 0 Å². The maximum absolute atomic E-state index is 8.82. The molecule has 4 heteroatoms. The van der Waals surface area contributed by atoms with Crippen LogP contribution in [0.15, 0.2) is 29.8 Å².